The molecule has 0 unspecified atom stereocenters. The van der Waals surface area contributed by atoms with E-state index in [1.807, 2.05) is 13.0 Å². The minimum absolute atomic E-state index is 0.0105. The number of hydrogen-bond acceptors (Lipinski definition) is 3. The summed E-state index contributed by atoms with van der Waals surface area (Å²) in [6.07, 6.45) is -4.42. The Morgan fingerprint density at radius 3 is 2.70 bits per heavy atom. The van der Waals surface area contributed by atoms with E-state index < -0.39 is 18.7 Å². The van der Waals surface area contributed by atoms with Crippen molar-refractivity contribution in [1.29, 1.82) is 0 Å². The molecular formula is C15H16F3N3O2. The SMILES string of the molecule is Cc1cc(CNC(=O)c2cccc(OCC(F)(F)F)c2)nn1C. The Morgan fingerprint density at radius 1 is 1.35 bits per heavy atom. The van der Waals surface area contributed by atoms with Crippen LogP contribution in [0.2, 0.25) is 0 Å². The molecule has 0 atom stereocenters. The van der Waals surface area contributed by atoms with E-state index in [0.29, 0.717) is 5.69 Å². The second kappa shape index (κ2) is 6.72. The van der Waals surface area contributed by atoms with Crippen molar-refractivity contribution in [3.63, 3.8) is 0 Å². The van der Waals surface area contributed by atoms with Crippen molar-refractivity contribution in [2.75, 3.05) is 6.61 Å². The minimum atomic E-state index is -4.42. The number of aryl methyl sites for hydroxylation is 2. The van der Waals surface area contributed by atoms with Gasteiger partial charge in [0.05, 0.1) is 12.2 Å². The van der Waals surface area contributed by atoms with Crippen LogP contribution in [0.25, 0.3) is 0 Å². The average molecular weight is 327 g/mol. The number of nitrogens with zero attached hydrogens (tertiary/aromatic N) is 2. The normalized spacial score (nSPS) is 11.3. The van der Waals surface area contributed by atoms with Crippen molar-refractivity contribution in [3.05, 3.63) is 47.3 Å². The highest BCUT2D eigenvalue weighted by molar-refractivity contribution is 5.94. The van der Waals surface area contributed by atoms with Gasteiger partial charge in [0.25, 0.3) is 5.91 Å². The lowest BCUT2D eigenvalue weighted by molar-refractivity contribution is -0.153. The minimum Gasteiger partial charge on any atom is -0.484 e. The molecule has 1 N–H and O–H groups in total. The van der Waals surface area contributed by atoms with Crippen LogP contribution in [0.4, 0.5) is 13.2 Å². The predicted molar refractivity (Wildman–Crippen MR) is 77.1 cm³/mol. The molecule has 1 heterocycles. The zero-order valence-electron chi connectivity index (χ0n) is 12.6. The second-order valence-corrected chi connectivity index (χ2v) is 5.02. The summed E-state index contributed by atoms with van der Waals surface area (Å²) in [6, 6.07) is 7.43. The fraction of sp³-hybridized carbons (Fsp3) is 0.333. The van der Waals surface area contributed by atoms with Crippen LogP contribution in [0, 0.1) is 6.92 Å². The van der Waals surface area contributed by atoms with Crippen LogP contribution in [-0.4, -0.2) is 28.5 Å². The molecule has 0 aliphatic rings. The molecule has 1 aromatic carbocycles. The van der Waals surface area contributed by atoms with Gasteiger partial charge in [0, 0.05) is 18.3 Å². The van der Waals surface area contributed by atoms with E-state index in [0.717, 1.165) is 5.69 Å². The van der Waals surface area contributed by atoms with Crippen LogP contribution in [0.15, 0.2) is 30.3 Å². The number of amides is 1. The first-order chi connectivity index (χ1) is 10.7. The second-order valence-electron chi connectivity index (χ2n) is 5.02. The molecule has 0 aliphatic carbocycles. The number of nitrogens with one attached hydrogen (secondary N) is 1. The molecule has 2 rings (SSSR count). The van der Waals surface area contributed by atoms with Gasteiger partial charge in [0.1, 0.15) is 5.75 Å². The molecule has 0 saturated heterocycles. The maximum absolute atomic E-state index is 12.1. The number of hydrogen-bond donors (Lipinski definition) is 1. The van der Waals surface area contributed by atoms with Crippen molar-refractivity contribution in [1.82, 2.24) is 15.1 Å². The average Bonchev–Trinajstić information content (AvgIpc) is 2.81. The predicted octanol–water partition coefficient (Wildman–Crippen LogP) is 2.60. The zero-order valence-corrected chi connectivity index (χ0v) is 12.6. The third-order valence-corrected chi connectivity index (χ3v) is 3.09. The number of carbonyl (C=O) groups excluding carboxylic acids is 1. The van der Waals surface area contributed by atoms with E-state index in [2.05, 4.69) is 15.2 Å². The summed E-state index contributed by atoms with van der Waals surface area (Å²) < 4.78 is 42.7. The van der Waals surface area contributed by atoms with E-state index in [9.17, 15) is 18.0 Å². The molecule has 23 heavy (non-hydrogen) atoms. The lowest BCUT2D eigenvalue weighted by atomic mass is 10.2. The Bertz CT molecular complexity index is 676. The quantitative estimate of drug-likeness (QED) is 0.918. The Balaban J connectivity index is 1.96. The number of halogens is 3. The maximum atomic E-state index is 12.1. The molecule has 124 valence electrons. The van der Waals surface area contributed by atoms with Crippen LogP contribution in [0.5, 0.6) is 5.75 Å². The summed E-state index contributed by atoms with van der Waals surface area (Å²) in [4.78, 5) is 12.0. The summed E-state index contributed by atoms with van der Waals surface area (Å²) in [5.74, 6) is -0.422. The van der Waals surface area contributed by atoms with Gasteiger partial charge in [-0.1, -0.05) is 6.07 Å². The molecule has 0 radical (unpaired) electrons. The first kappa shape index (κ1) is 16.9. The summed E-state index contributed by atoms with van der Waals surface area (Å²) in [5.41, 5.74) is 1.87. The van der Waals surface area contributed by atoms with Crippen molar-refractivity contribution < 1.29 is 22.7 Å². The molecule has 8 heteroatoms. The van der Waals surface area contributed by atoms with E-state index in [4.69, 9.17) is 0 Å². The maximum Gasteiger partial charge on any atom is 0.422 e. The Morgan fingerprint density at radius 2 is 2.09 bits per heavy atom. The van der Waals surface area contributed by atoms with Crippen molar-refractivity contribution in [3.8, 4) is 5.75 Å². The van der Waals surface area contributed by atoms with Gasteiger partial charge in [-0.05, 0) is 31.2 Å². The summed E-state index contributed by atoms with van der Waals surface area (Å²) >= 11 is 0. The highest BCUT2D eigenvalue weighted by Gasteiger charge is 2.28. The Hall–Kier alpha value is -2.51. The molecule has 1 aromatic heterocycles. The van der Waals surface area contributed by atoms with Crippen LogP contribution in [-0.2, 0) is 13.6 Å². The highest BCUT2D eigenvalue weighted by Crippen LogP contribution is 2.19. The van der Waals surface area contributed by atoms with Crippen LogP contribution in [0.3, 0.4) is 0 Å². The van der Waals surface area contributed by atoms with Gasteiger partial charge in [-0.25, -0.2) is 0 Å². The Labute approximate surface area is 131 Å². The largest absolute Gasteiger partial charge is 0.484 e. The van der Waals surface area contributed by atoms with E-state index in [1.165, 1.54) is 24.3 Å². The van der Waals surface area contributed by atoms with Gasteiger partial charge in [0.15, 0.2) is 6.61 Å². The molecule has 0 spiro atoms. The lowest BCUT2D eigenvalue weighted by Gasteiger charge is -2.10. The van der Waals surface area contributed by atoms with Crippen LogP contribution in [0.1, 0.15) is 21.7 Å². The number of ether oxygens (including phenoxy) is 1. The van der Waals surface area contributed by atoms with Crippen molar-refractivity contribution in [2.24, 2.45) is 7.05 Å². The van der Waals surface area contributed by atoms with Gasteiger partial charge in [-0.3, -0.25) is 9.48 Å². The third kappa shape index (κ3) is 5.01. The number of aromatic nitrogens is 2. The third-order valence-electron chi connectivity index (χ3n) is 3.09. The first-order valence-corrected chi connectivity index (χ1v) is 6.82. The van der Waals surface area contributed by atoms with Crippen molar-refractivity contribution >= 4 is 5.91 Å². The standard InChI is InChI=1S/C15H16F3N3O2/c1-10-6-12(20-21(10)2)8-19-14(22)11-4-3-5-13(7-11)23-9-15(16,17)18/h3-7H,8-9H2,1-2H3,(H,19,22). The fourth-order valence-electron chi connectivity index (χ4n) is 1.89. The number of alkyl halides is 3. The van der Waals surface area contributed by atoms with Crippen molar-refractivity contribution in [2.45, 2.75) is 19.6 Å². The molecule has 0 bridgehead atoms. The Kier molecular flexibility index (Phi) is 4.92. The molecule has 5 nitrogen and oxygen atoms in total. The van der Waals surface area contributed by atoms with E-state index in [-0.39, 0.29) is 17.9 Å². The number of rotatable bonds is 5. The molecular weight excluding hydrogens is 311 g/mol. The molecule has 1 amide bonds. The molecule has 0 fully saturated rings. The monoisotopic (exact) mass is 327 g/mol. The van der Waals surface area contributed by atoms with E-state index in [1.54, 1.807) is 11.7 Å². The highest BCUT2D eigenvalue weighted by atomic mass is 19.4. The topological polar surface area (TPSA) is 56.1 Å². The van der Waals surface area contributed by atoms with Crippen LogP contribution >= 0.6 is 0 Å². The smallest absolute Gasteiger partial charge is 0.422 e. The first-order valence-electron chi connectivity index (χ1n) is 6.82. The molecule has 0 aliphatic heterocycles. The van der Waals surface area contributed by atoms with Gasteiger partial charge in [-0.15, -0.1) is 0 Å². The summed E-state index contributed by atoms with van der Waals surface area (Å²) in [7, 11) is 1.79. The molecule has 0 saturated carbocycles. The summed E-state index contributed by atoms with van der Waals surface area (Å²) in [6.45, 7) is 0.721. The zero-order chi connectivity index (χ0) is 17.0. The van der Waals surface area contributed by atoms with Gasteiger partial charge in [0.2, 0.25) is 0 Å². The number of carbonyl (C=O) groups is 1. The van der Waals surface area contributed by atoms with E-state index >= 15 is 0 Å². The lowest BCUT2D eigenvalue weighted by Crippen LogP contribution is -2.23. The fourth-order valence-corrected chi connectivity index (χ4v) is 1.89. The van der Waals surface area contributed by atoms with Crippen LogP contribution < -0.4 is 10.1 Å². The van der Waals surface area contributed by atoms with Gasteiger partial charge >= 0.3 is 6.18 Å². The van der Waals surface area contributed by atoms with Gasteiger partial charge < -0.3 is 10.1 Å². The summed E-state index contributed by atoms with van der Waals surface area (Å²) in [5, 5.41) is 6.86. The molecule has 2 aromatic rings. The number of benzene rings is 1. The van der Waals surface area contributed by atoms with Gasteiger partial charge in [-0.2, -0.15) is 18.3 Å².